The molecule has 0 radical (unpaired) electrons. The van der Waals surface area contributed by atoms with E-state index in [1.54, 1.807) is 0 Å². The first-order valence-electron chi connectivity index (χ1n) is 8.76. The van der Waals surface area contributed by atoms with E-state index in [2.05, 4.69) is 0 Å². The summed E-state index contributed by atoms with van der Waals surface area (Å²) in [7, 11) is 1.42. The van der Waals surface area contributed by atoms with Gasteiger partial charge in [-0.25, -0.2) is 4.79 Å². The molecule has 0 fully saturated rings. The lowest BCUT2D eigenvalue weighted by atomic mass is 9.78. The zero-order valence-corrected chi connectivity index (χ0v) is 16.1. The van der Waals surface area contributed by atoms with Crippen molar-refractivity contribution in [3.05, 3.63) is 71.5 Å². The van der Waals surface area contributed by atoms with Crippen molar-refractivity contribution in [1.82, 2.24) is 0 Å². The van der Waals surface area contributed by atoms with Crippen LogP contribution >= 0.6 is 0 Å². The molecular weight excluding hydrogens is 376 g/mol. The third kappa shape index (κ3) is 5.08. The van der Waals surface area contributed by atoms with Crippen LogP contribution in [-0.4, -0.2) is 42.3 Å². The summed E-state index contributed by atoms with van der Waals surface area (Å²) in [6.45, 7) is 1.34. The zero-order chi connectivity index (χ0) is 21.4. The molecule has 1 unspecified atom stereocenters. The lowest BCUT2D eigenvalue weighted by molar-refractivity contribution is -0.149. The third-order valence-electron chi connectivity index (χ3n) is 4.55. The van der Waals surface area contributed by atoms with Crippen LogP contribution in [-0.2, 0) is 19.1 Å². The molecule has 3 rings (SSSR count). The van der Waals surface area contributed by atoms with E-state index in [0.717, 1.165) is 22.6 Å². The Morgan fingerprint density at radius 1 is 1.10 bits per heavy atom. The summed E-state index contributed by atoms with van der Waals surface area (Å²) in [5, 5.41) is 20.2. The first kappa shape index (κ1) is 21.8. The predicted molar refractivity (Wildman–Crippen MR) is 106 cm³/mol. The van der Waals surface area contributed by atoms with Gasteiger partial charge in [0.25, 0.3) is 0 Å². The van der Waals surface area contributed by atoms with Crippen LogP contribution in [0.25, 0.3) is 10.8 Å². The van der Waals surface area contributed by atoms with Crippen molar-refractivity contribution >= 4 is 29.0 Å². The summed E-state index contributed by atoms with van der Waals surface area (Å²) in [6.07, 6.45) is 3.48. The highest BCUT2D eigenvalue weighted by Crippen LogP contribution is 2.38. The van der Waals surface area contributed by atoms with Gasteiger partial charge in [0.2, 0.25) is 0 Å². The molecule has 0 aromatic heterocycles. The van der Waals surface area contributed by atoms with Crippen LogP contribution in [0.1, 0.15) is 23.7 Å². The van der Waals surface area contributed by atoms with Gasteiger partial charge in [-0.15, -0.1) is 0 Å². The Hall–Kier alpha value is -3.45. The maximum absolute atomic E-state index is 11.2. The van der Waals surface area contributed by atoms with Gasteiger partial charge in [-0.1, -0.05) is 42.5 Å². The van der Waals surface area contributed by atoms with Crippen LogP contribution in [0.3, 0.4) is 0 Å². The van der Waals surface area contributed by atoms with E-state index in [-0.39, 0.29) is 24.5 Å². The third-order valence-corrected chi connectivity index (χ3v) is 4.55. The number of allylic oxidation sites excluding steroid dienone is 2. The number of benzene rings is 2. The Balaban J connectivity index is 0.000000218. The maximum atomic E-state index is 11.2. The maximum Gasteiger partial charge on any atom is 0.331 e. The van der Waals surface area contributed by atoms with Crippen molar-refractivity contribution in [3.8, 4) is 0 Å². The van der Waals surface area contributed by atoms with Gasteiger partial charge >= 0.3 is 11.9 Å². The fraction of sp³-hybridized carbons (Fsp3) is 0.227. The molecule has 1 aliphatic rings. The monoisotopic (exact) mass is 398 g/mol. The molecule has 1 aliphatic carbocycles. The second kappa shape index (κ2) is 9.66. The van der Waals surface area contributed by atoms with Gasteiger partial charge in [-0.05, 0) is 29.8 Å². The minimum Gasteiger partial charge on any atom is -0.480 e. The standard InChI is InChI=1S/C11H14O6.C11H8O/c1-11(10(14)15)5-7(9(12)13)3-4-8(11)17-6-16-2;12-8-10-6-3-5-9-4-1-2-7-11(9)10/h3-4H,5-6H2,1-2H3,(H,12,13)(H,14,15);1-8H. The molecule has 0 saturated heterocycles. The number of ether oxygens (including phenoxy) is 2. The molecule has 0 heterocycles. The topological polar surface area (TPSA) is 110 Å². The Kier molecular flexibility index (Phi) is 7.27. The molecular formula is C22H22O7. The largest absolute Gasteiger partial charge is 0.480 e. The molecule has 2 N–H and O–H groups in total. The highest BCUT2D eigenvalue weighted by atomic mass is 16.7. The molecule has 0 bridgehead atoms. The first-order chi connectivity index (χ1) is 13.8. The number of carbonyl (C=O) groups excluding carboxylic acids is 1. The average Bonchev–Trinajstić information content (AvgIpc) is 2.72. The average molecular weight is 398 g/mol. The normalized spacial score (nSPS) is 18.0. The fourth-order valence-electron chi connectivity index (χ4n) is 2.90. The number of carboxylic acids is 2. The van der Waals surface area contributed by atoms with Crippen molar-refractivity contribution < 1.29 is 34.1 Å². The van der Waals surface area contributed by atoms with Crippen LogP contribution in [0.5, 0.6) is 0 Å². The number of rotatable bonds is 6. The Morgan fingerprint density at radius 2 is 1.79 bits per heavy atom. The van der Waals surface area contributed by atoms with Crippen molar-refractivity contribution in [2.24, 2.45) is 5.41 Å². The smallest absolute Gasteiger partial charge is 0.331 e. The van der Waals surface area contributed by atoms with Gasteiger partial charge in [0.05, 0.1) is 0 Å². The molecule has 0 aliphatic heterocycles. The Bertz CT molecular complexity index is 969. The van der Waals surface area contributed by atoms with E-state index < -0.39 is 17.4 Å². The lowest BCUT2D eigenvalue weighted by Crippen LogP contribution is -2.34. The number of aldehydes is 1. The van der Waals surface area contributed by atoms with Gasteiger partial charge in [-0.2, -0.15) is 0 Å². The summed E-state index contributed by atoms with van der Waals surface area (Å²) in [6, 6.07) is 13.6. The number of methoxy groups -OCH3 is 1. The van der Waals surface area contributed by atoms with E-state index >= 15 is 0 Å². The van der Waals surface area contributed by atoms with Gasteiger partial charge < -0.3 is 19.7 Å². The van der Waals surface area contributed by atoms with E-state index in [1.807, 2.05) is 42.5 Å². The van der Waals surface area contributed by atoms with Crippen molar-refractivity contribution in [1.29, 1.82) is 0 Å². The lowest BCUT2D eigenvalue weighted by Gasteiger charge is -2.30. The van der Waals surface area contributed by atoms with E-state index in [4.69, 9.17) is 14.6 Å². The quantitative estimate of drug-likeness (QED) is 0.564. The summed E-state index contributed by atoms with van der Waals surface area (Å²) < 4.78 is 9.86. The van der Waals surface area contributed by atoms with Crippen LogP contribution in [0, 0.1) is 5.41 Å². The zero-order valence-electron chi connectivity index (χ0n) is 16.1. The predicted octanol–water partition coefficient (Wildman–Crippen LogP) is 3.65. The van der Waals surface area contributed by atoms with Crippen LogP contribution < -0.4 is 0 Å². The first-order valence-corrected chi connectivity index (χ1v) is 8.76. The molecule has 152 valence electrons. The second-order valence-corrected chi connectivity index (χ2v) is 6.58. The molecule has 7 nitrogen and oxygen atoms in total. The molecule has 0 spiro atoms. The van der Waals surface area contributed by atoms with E-state index in [9.17, 15) is 19.5 Å². The van der Waals surface area contributed by atoms with E-state index in [1.165, 1.54) is 26.2 Å². The SMILES string of the molecule is COCOC1=CC=C(C(=O)O)CC1(C)C(=O)O.O=Cc1cccc2ccccc12. The van der Waals surface area contributed by atoms with Crippen molar-refractivity contribution in [2.45, 2.75) is 13.3 Å². The number of carboxylic acid groups (broad SMARTS) is 2. The van der Waals surface area contributed by atoms with Crippen LogP contribution in [0.4, 0.5) is 0 Å². The van der Waals surface area contributed by atoms with Gasteiger partial charge in [-0.3, -0.25) is 9.59 Å². The highest BCUT2D eigenvalue weighted by Gasteiger charge is 2.42. The number of hydrogen-bond donors (Lipinski definition) is 2. The summed E-state index contributed by atoms with van der Waals surface area (Å²) in [4.78, 5) is 32.7. The van der Waals surface area contributed by atoms with Gasteiger partial charge in [0.1, 0.15) is 11.2 Å². The summed E-state index contributed by atoms with van der Waals surface area (Å²) in [5.74, 6) is -2.07. The summed E-state index contributed by atoms with van der Waals surface area (Å²) >= 11 is 0. The molecule has 7 heteroatoms. The van der Waals surface area contributed by atoms with E-state index in [0.29, 0.717) is 0 Å². The number of fused-ring (bicyclic) bond motifs is 1. The van der Waals surface area contributed by atoms with Crippen LogP contribution in [0.15, 0.2) is 65.9 Å². The molecule has 2 aromatic carbocycles. The molecule has 1 atom stereocenters. The van der Waals surface area contributed by atoms with Crippen LogP contribution in [0.2, 0.25) is 0 Å². The number of hydrogen-bond acceptors (Lipinski definition) is 5. The summed E-state index contributed by atoms with van der Waals surface area (Å²) in [5.41, 5.74) is -0.575. The number of aliphatic carboxylic acids is 2. The van der Waals surface area contributed by atoms with Gasteiger partial charge in [0.15, 0.2) is 13.1 Å². The highest BCUT2D eigenvalue weighted by molar-refractivity contribution is 5.97. The van der Waals surface area contributed by atoms with Crippen molar-refractivity contribution in [2.75, 3.05) is 13.9 Å². The fourth-order valence-corrected chi connectivity index (χ4v) is 2.90. The van der Waals surface area contributed by atoms with Gasteiger partial charge in [0, 0.05) is 24.7 Å². The second-order valence-electron chi connectivity index (χ2n) is 6.58. The minimum absolute atomic E-state index is 0.0414. The molecule has 2 aromatic rings. The molecule has 29 heavy (non-hydrogen) atoms. The molecule has 0 saturated carbocycles. The Labute approximate surface area is 167 Å². The number of carbonyl (C=O) groups is 3. The molecule has 0 amide bonds. The Morgan fingerprint density at radius 3 is 2.41 bits per heavy atom. The van der Waals surface area contributed by atoms with Crippen molar-refractivity contribution in [3.63, 3.8) is 0 Å². The minimum atomic E-state index is -1.37.